The van der Waals surface area contributed by atoms with E-state index in [1.807, 2.05) is 6.92 Å². The molecule has 0 radical (unpaired) electrons. The SMILES string of the molecule is CN.CNCC(=O)NC(C)COC1CCC(C=O)N1C=O.c1ccc2c(c1)CCCC2. The van der Waals surface area contributed by atoms with Crippen molar-refractivity contribution in [3.05, 3.63) is 35.4 Å². The van der Waals surface area contributed by atoms with E-state index in [4.69, 9.17) is 4.74 Å². The zero-order valence-electron chi connectivity index (χ0n) is 19.0. The monoisotopic (exact) mass is 434 g/mol. The Bertz CT molecular complexity index is 646. The molecule has 0 bridgehead atoms. The van der Waals surface area contributed by atoms with Crippen molar-refractivity contribution in [1.82, 2.24) is 15.5 Å². The largest absolute Gasteiger partial charge is 0.356 e. The quantitative estimate of drug-likeness (QED) is 0.526. The second-order valence-corrected chi connectivity index (χ2v) is 7.60. The van der Waals surface area contributed by atoms with Crippen LogP contribution in [0.15, 0.2) is 24.3 Å². The van der Waals surface area contributed by atoms with E-state index < -0.39 is 6.04 Å². The predicted octanol–water partition coefficient (Wildman–Crippen LogP) is 1.01. The van der Waals surface area contributed by atoms with Gasteiger partial charge in [-0.2, -0.15) is 0 Å². The molecule has 1 aliphatic heterocycles. The first-order chi connectivity index (χ1) is 15.1. The van der Waals surface area contributed by atoms with Crippen LogP contribution in [0.1, 0.15) is 43.7 Å². The molecular formula is C23H38N4O4. The average molecular weight is 435 g/mol. The standard InChI is InChI=1S/C12H21N3O4.C10H12.CH5N/c1-9(14-11(18)5-13-2)7-19-12-4-3-10(6-16)15(12)8-17;1-2-6-10-8-4-3-7-9(10)5-1;1-2/h6,8-10,12-13H,3-5,7H2,1-2H3,(H,14,18);1-2,5-6H,3-4,7-8H2;2H2,1H3. The number of rotatable bonds is 8. The highest BCUT2D eigenvalue weighted by molar-refractivity contribution is 5.78. The number of likely N-dealkylation sites (tertiary alicyclic amines) is 1. The number of likely N-dealkylation sites (N-methyl/N-ethyl adjacent to an activating group) is 1. The summed E-state index contributed by atoms with van der Waals surface area (Å²) in [5, 5.41) is 5.51. The second kappa shape index (κ2) is 15.5. The van der Waals surface area contributed by atoms with Crippen molar-refractivity contribution in [2.75, 3.05) is 27.2 Å². The van der Waals surface area contributed by atoms with Gasteiger partial charge < -0.3 is 30.8 Å². The maximum atomic E-state index is 11.3. The Hall–Kier alpha value is -2.29. The van der Waals surface area contributed by atoms with Crippen LogP contribution in [0.4, 0.5) is 0 Å². The molecule has 0 saturated carbocycles. The van der Waals surface area contributed by atoms with Crippen LogP contribution in [0.3, 0.4) is 0 Å². The molecule has 1 heterocycles. The Morgan fingerprint density at radius 2 is 1.81 bits per heavy atom. The molecule has 174 valence electrons. The molecule has 1 saturated heterocycles. The highest BCUT2D eigenvalue weighted by atomic mass is 16.5. The number of hydrogen-bond donors (Lipinski definition) is 3. The van der Waals surface area contributed by atoms with Gasteiger partial charge in [0, 0.05) is 6.04 Å². The molecule has 4 N–H and O–H groups in total. The van der Waals surface area contributed by atoms with Crippen molar-refractivity contribution in [2.45, 2.75) is 63.8 Å². The second-order valence-electron chi connectivity index (χ2n) is 7.60. The number of amides is 2. The first-order valence-corrected chi connectivity index (χ1v) is 11.0. The minimum Gasteiger partial charge on any atom is -0.356 e. The number of aryl methyl sites for hydroxylation is 2. The Morgan fingerprint density at radius 1 is 1.19 bits per heavy atom. The predicted molar refractivity (Wildman–Crippen MR) is 121 cm³/mol. The van der Waals surface area contributed by atoms with Gasteiger partial charge in [-0.05, 0) is 70.7 Å². The van der Waals surface area contributed by atoms with Gasteiger partial charge in [-0.1, -0.05) is 24.3 Å². The minimum atomic E-state index is -0.392. The smallest absolute Gasteiger partial charge is 0.234 e. The molecule has 2 amide bonds. The van der Waals surface area contributed by atoms with Crippen molar-refractivity contribution in [3.8, 4) is 0 Å². The van der Waals surface area contributed by atoms with Crippen LogP contribution in [0, 0.1) is 0 Å². The number of nitrogens with two attached hydrogens (primary N) is 1. The molecule has 8 nitrogen and oxygen atoms in total. The number of fused-ring (bicyclic) bond motifs is 1. The molecule has 0 aromatic heterocycles. The van der Waals surface area contributed by atoms with Gasteiger partial charge in [0.1, 0.15) is 12.5 Å². The van der Waals surface area contributed by atoms with Gasteiger partial charge in [0.05, 0.1) is 19.2 Å². The molecule has 0 spiro atoms. The lowest BCUT2D eigenvalue weighted by molar-refractivity contribution is -0.136. The van der Waals surface area contributed by atoms with Crippen molar-refractivity contribution < 1.29 is 19.1 Å². The van der Waals surface area contributed by atoms with Gasteiger partial charge in [-0.25, -0.2) is 0 Å². The first-order valence-electron chi connectivity index (χ1n) is 11.0. The third-order valence-electron chi connectivity index (χ3n) is 5.25. The lowest BCUT2D eigenvalue weighted by Gasteiger charge is -2.24. The molecule has 31 heavy (non-hydrogen) atoms. The van der Waals surface area contributed by atoms with E-state index in [0.29, 0.717) is 25.9 Å². The van der Waals surface area contributed by atoms with Crippen LogP contribution in [-0.2, 0) is 32.0 Å². The number of ether oxygens (including phenoxy) is 1. The number of nitrogens with zero attached hydrogens (tertiary/aromatic N) is 1. The van der Waals surface area contributed by atoms with E-state index in [1.54, 1.807) is 18.2 Å². The van der Waals surface area contributed by atoms with E-state index in [9.17, 15) is 14.4 Å². The summed E-state index contributed by atoms with van der Waals surface area (Å²) in [5.74, 6) is -0.108. The number of carbonyl (C=O) groups is 3. The maximum absolute atomic E-state index is 11.3. The summed E-state index contributed by atoms with van der Waals surface area (Å²) in [6.45, 7) is 2.38. The Kier molecular flexibility index (Phi) is 13.4. The van der Waals surface area contributed by atoms with Gasteiger partial charge in [0.15, 0.2) is 0 Å². The van der Waals surface area contributed by atoms with Crippen LogP contribution in [-0.4, -0.2) is 69.1 Å². The van der Waals surface area contributed by atoms with Crippen LogP contribution < -0.4 is 16.4 Å². The molecule has 3 atom stereocenters. The number of nitrogens with one attached hydrogen (secondary N) is 2. The lowest BCUT2D eigenvalue weighted by Crippen LogP contribution is -2.43. The molecule has 8 heteroatoms. The van der Waals surface area contributed by atoms with E-state index in [-0.39, 0.29) is 24.7 Å². The number of hydrogen-bond acceptors (Lipinski definition) is 6. The minimum absolute atomic E-state index is 0.108. The molecule has 1 aliphatic carbocycles. The fourth-order valence-corrected chi connectivity index (χ4v) is 3.74. The molecule has 1 aromatic rings. The third kappa shape index (κ3) is 9.16. The summed E-state index contributed by atoms with van der Waals surface area (Å²) < 4.78 is 5.58. The van der Waals surface area contributed by atoms with Crippen LogP contribution in [0.25, 0.3) is 0 Å². The van der Waals surface area contributed by atoms with Crippen molar-refractivity contribution in [3.63, 3.8) is 0 Å². The van der Waals surface area contributed by atoms with Gasteiger partial charge >= 0.3 is 0 Å². The highest BCUT2D eigenvalue weighted by Crippen LogP contribution is 2.22. The maximum Gasteiger partial charge on any atom is 0.234 e. The Morgan fingerprint density at radius 3 is 2.32 bits per heavy atom. The van der Waals surface area contributed by atoms with Crippen molar-refractivity contribution >= 4 is 18.6 Å². The summed E-state index contributed by atoms with van der Waals surface area (Å²) in [6, 6.07) is 8.26. The summed E-state index contributed by atoms with van der Waals surface area (Å²) in [7, 11) is 3.20. The van der Waals surface area contributed by atoms with E-state index in [2.05, 4.69) is 40.6 Å². The van der Waals surface area contributed by atoms with Gasteiger partial charge in [-0.15, -0.1) is 0 Å². The summed E-state index contributed by atoms with van der Waals surface area (Å²) in [4.78, 5) is 34.4. The molecule has 1 aromatic carbocycles. The zero-order valence-corrected chi connectivity index (χ0v) is 19.0. The lowest BCUT2D eigenvalue weighted by atomic mass is 9.92. The molecule has 3 rings (SSSR count). The van der Waals surface area contributed by atoms with Gasteiger partial charge in [0.2, 0.25) is 12.3 Å². The average Bonchev–Trinajstić information content (AvgIpc) is 3.21. The van der Waals surface area contributed by atoms with E-state index in [0.717, 1.165) is 6.29 Å². The third-order valence-corrected chi connectivity index (χ3v) is 5.25. The highest BCUT2D eigenvalue weighted by Gasteiger charge is 2.32. The van der Waals surface area contributed by atoms with E-state index >= 15 is 0 Å². The molecule has 2 aliphatic rings. The molecular weight excluding hydrogens is 396 g/mol. The van der Waals surface area contributed by atoms with Crippen molar-refractivity contribution in [2.24, 2.45) is 5.73 Å². The van der Waals surface area contributed by atoms with Gasteiger partial charge in [0.25, 0.3) is 0 Å². The Labute approximate surface area is 185 Å². The summed E-state index contributed by atoms with van der Waals surface area (Å²) in [5.41, 5.74) is 7.66. The van der Waals surface area contributed by atoms with Crippen LogP contribution in [0.5, 0.6) is 0 Å². The van der Waals surface area contributed by atoms with Crippen LogP contribution >= 0.6 is 0 Å². The zero-order chi connectivity index (χ0) is 23.1. The number of carbonyl (C=O) groups excluding carboxylic acids is 3. The normalized spacial score (nSPS) is 20.2. The fourth-order valence-electron chi connectivity index (χ4n) is 3.74. The van der Waals surface area contributed by atoms with E-state index in [1.165, 1.54) is 37.6 Å². The summed E-state index contributed by atoms with van der Waals surface area (Å²) in [6.07, 6.45) is 7.65. The summed E-state index contributed by atoms with van der Waals surface area (Å²) >= 11 is 0. The Balaban J connectivity index is 0.000000332. The van der Waals surface area contributed by atoms with Crippen molar-refractivity contribution in [1.29, 1.82) is 0 Å². The molecule has 3 unspecified atom stereocenters. The fraction of sp³-hybridized carbons (Fsp3) is 0.609. The topological polar surface area (TPSA) is 114 Å². The molecule has 1 fully saturated rings. The van der Waals surface area contributed by atoms with Gasteiger partial charge in [-0.3, -0.25) is 9.59 Å². The number of benzene rings is 1. The number of aldehydes is 1. The first kappa shape index (κ1) is 26.7. The van der Waals surface area contributed by atoms with Crippen LogP contribution in [0.2, 0.25) is 0 Å².